The summed E-state index contributed by atoms with van der Waals surface area (Å²) in [5.74, 6) is -0.370. The van der Waals surface area contributed by atoms with E-state index in [1.54, 1.807) is 18.2 Å². The number of rotatable bonds is 2. The second-order valence-corrected chi connectivity index (χ2v) is 4.54. The molecule has 0 amide bonds. The Bertz CT molecular complexity index is 535. The highest BCUT2D eigenvalue weighted by atomic mass is 35.5. The van der Waals surface area contributed by atoms with Crippen molar-refractivity contribution in [2.75, 3.05) is 0 Å². The summed E-state index contributed by atoms with van der Waals surface area (Å²) < 4.78 is 13.3. The predicted molar refractivity (Wildman–Crippen MR) is 69.7 cm³/mol. The van der Waals surface area contributed by atoms with Crippen LogP contribution in [0.15, 0.2) is 36.4 Å². The zero-order valence-electron chi connectivity index (χ0n) is 8.88. The predicted octanol–water partition coefficient (Wildman–Crippen LogP) is 4.26. The molecule has 0 saturated carbocycles. The summed E-state index contributed by atoms with van der Waals surface area (Å²) in [5.41, 5.74) is 8.05. The molecule has 0 heterocycles. The van der Waals surface area contributed by atoms with Gasteiger partial charge in [0.15, 0.2) is 0 Å². The molecule has 0 radical (unpaired) electrons. The van der Waals surface area contributed by atoms with E-state index in [2.05, 4.69) is 0 Å². The third-order valence-electron chi connectivity index (χ3n) is 2.46. The van der Waals surface area contributed by atoms with Gasteiger partial charge in [-0.2, -0.15) is 0 Å². The fraction of sp³-hybridized carbons (Fsp3) is 0.0769. The quantitative estimate of drug-likeness (QED) is 0.866. The van der Waals surface area contributed by atoms with Gasteiger partial charge in [-0.15, -0.1) is 0 Å². The molecule has 0 fully saturated rings. The fourth-order valence-corrected chi connectivity index (χ4v) is 2.14. The first-order valence-electron chi connectivity index (χ1n) is 5.05. The van der Waals surface area contributed by atoms with Crippen LogP contribution in [-0.2, 0) is 6.54 Å². The maximum absolute atomic E-state index is 13.3. The van der Waals surface area contributed by atoms with Gasteiger partial charge >= 0.3 is 0 Å². The Morgan fingerprint density at radius 1 is 1.00 bits per heavy atom. The molecule has 1 nitrogen and oxygen atoms in total. The minimum absolute atomic E-state index is 0.337. The summed E-state index contributed by atoms with van der Waals surface area (Å²) in [7, 11) is 0. The zero-order valence-corrected chi connectivity index (χ0v) is 10.4. The van der Waals surface area contributed by atoms with Crippen LogP contribution in [0.2, 0.25) is 10.0 Å². The van der Waals surface area contributed by atoms with Crippen LogP contribution in [0.25, 0.3) is 11.1 Å². The SMILES string of the molecule is NCc1cc(Cl)ccc1-c1cc(F)cc(Cl)c1. The van der Waals surface area contributed by atoms with Gasteiger partial charge in [-0.05, 0) is 47.0 Å². The molecular weight excluding hydrogens is 260 g/mol. The van der Waals surface area contributed by atoms with Crippen molar-refractivity contribution in [2.45, 2.75) is 6.54 Å². The van der Waals surface area contributed by atoms with Gasteiger partial charge in [0.1, 0.15) is 5.82 Å². The Morgan fingerprint density at radius 2 is 1.76 bits per heavy atom. The van der Waals surface area contributed by atoms with Crippen LogP contribution in [0.5, 0.6) is 0 Å². The largest absolute Gasteiger partial charge is 0.326 e. The summed E-state index contributed by atoms with van der Waals surface area (Å²) in [6.45, 7) is 0.337. The summed E-state index contributed by atoms with van der Waals surface area (Å²) in [4.78, 5) is 0. The minimum atomic E-state index is -0.370. The lowest BCUT2D eigenvalue weighted by Crippen LogP contribution is -1.99. The second-order valence-electron chi connectivity index (χ2n) is 3.66. The molecule has 2 rings (SSSR count). The highest BCUT2D eigenvalue weighted by Crippen LogP contribution is 2.29. The first-order chi connectivity index (χ1) is 8.10. The van der Waals surface area contributed by atoms with Gasteiger partial charge in [0.25, 0.3) is 0 Å². The average molecular weight is 270 g/mol. The van der Waals surface area contributed by atoms with Gasteiger partial charge in [-0.25, -0.2) is 4.39 Å². The van der Waals surface area contributed by atoms with Crippen LogP contribution in [0.1, 0.15) is 5.56 Å². The molecule has 2 aromatic carbocycles. The Balaban J connectivity index is 2.59. The van der Waals surface area contributed by atoms with Crippen molar-refractivity contribution in [3.63, 3.8) is 0 Å². The molecule has 4 heteroatoms. The van der Waals surface area contributed by atoms with Crippen molar-refractivity contribution in [3.05, 3.63) is 57.8 Å². The second kappa shape index (κ2) is 5.05. The molecule has 0 saturated heterocycles. The number of hydrogen-bond donors (Lipinski definition) is 1. The van der Waals surface area contributed by atoms with Crippen molar-refractivity contribution in [1.82, 2.24) is 0 Å². The summed E-state index contributed by atoms with van der Waals surface area (Å²) in [6.07, 6.45) is 0. The van der Waals surface area contributed by atoms with E-state index in [0.717, 1.165) is 11.1 Å². The third-order valence-corrected chi connectivity index (χ3v) is 2.91. The maximum Gasteiger partial charge on any atom is 0.125 e. The summed E-state index contributed by atoms with van der Waals surface area (Å²) >= 11 is 11.7. The Labute approximate surface area is 109 Å². The monoisotopic (exact) mass is 269 g/mol. The highest BCUT2D eigenvalue weighted by Gasteiger charge is 2.07. The molecule has 0 aliphatic heterocycles. The van der Waals surface area contributed by atoms with Crippen molar-refractivity contribution in [1.29, 1.82) is 0 Å². The van der Waals surface area contributed by atoms with Gasteiger partial charge in [0, 0.05) is 16.6 Å². The molecule has 0 aliphatic carbocycles. The number of benzene rings is 2. The first-order valence-corrected chi connectivity index (χ1v) is 5.80. The van der Waals surface area contributed by atoms with Crippen molar-refractivity contribution >= 4 is 23.2 Å². The number of halogens is 3. The van der Waals surface area contributed by atoms with Crippen LogP contribution >= 0.6 is 23.2 Å². The highest BCUT2D eigenvalue weighted by molar-refractivity contribution is 6.31. The van der Waals surface area contributed by atoms with E-state index in [9.17, 15) is 4.39 Å². The van der Waals surface area contributed by atoms with Gasteiger partial charge in [0.05, 0.1) is 0 Å². The van der Waals surface area contributed by atoms with Gasteiger partial charge in [-0.3, -0.25) is 0 Å². The molecule has 0 unspecified atom stereocenters. The molecule has 0 bridgehead atoms. The molecule has 2 aromatic rings. The van der Waals surface area contributed by atoms with Gasteiger partial charge < -0.3 is 5.73 Å². The molecule has 17 heavy (non-hydrogen) atoms. The van der Waals surface area contributed by atoms with Crippen LogP contribution in [0.4, 0.5) is 4.39 Å². The van der Waals surface area contributed by atoms with Crippen LogP contribution in [0, 0.1) is 5.82 Å². The van der Waals surface area contributed by atoms with E-state index in [1.807, 2.05) is 6.07 Å². The minimum Gasteiger partial charge on any atom is -0.326 e. The Morgan fingerprint density at radius 3 is 2.41 bits per heavy atom. The zero-order chi connectivity index (χ0) is 12.4. The lowest BCUT2D eigenvalue weighted by atomic mass is 10.00. The number of hydrogen-bond acceptors (Lipinski definition) is 1. The molecule has 0 spiro atoms. The third kappa shape index (κ3) is 2.78. The maximum atomic E-state index is 13.3. The lowest BCUT2D eigenvalue weighted by Gasteiger charge is -2.09. The molecule has 0 aliphatic rings. The van der Waals surface area contributed by atoms with Crippen LogP contribution in [0.3, 0.4) is 0 Å². The summed E-state index contributed by atoms with van der Waals surface area (Å²) in [6, 6.07) is 9.73. The Kier molecular flexibility index (Phi) is 3.67. The normalized spacial score (nSPS) is 10.6. The molecule has 2 N–H and O–H groups in total. The van der Waals surface area contributed by atoms with Crippen molar-refractivity contribution in [3.8, 4) is 11.1 Å². The first kappa shape index (κ1) is 12.4. The van der Waals surface area contributed by atoms with E-state index in [-0.39, 0.29) is 5.82 Å². The van der Waals surface area contributed by atoms with E-state index < -0.39 is 0 Å². The Hall–Kier alpha value is -1.09. The molecule has 0 aromatic heterocycles. The smallest absolute Gasteiger partial charge is 0.125 e. The molecular formula is C13H10Cl2FN. The van der Waals surface area contributed by atoms with Crippen molar-refractivity contribution < 1.29 is 4.39 Å². The van der Waals surface area contributed by atoms with E-state index in [1.165, 1.54) is 12.1 Å². The number of nitrogens with two attached hydrogens (primary N) is 1. The van der Waals surface area contributed by atoms with Crippen LogP contribution < -0.4 is 5.73 Å². The van der Waals surface area contributed by atoms with E-state index >= 15 is 0 Å². The lowest BCUT2D eigenvalue weighted by molar-refractivity contribution is 0.628. The van der Waals surface area contributed by atoms with Crippen LogP contribution in [-0.4, -0.2) is 0 Å². The van der Waals surface area contributed by atoms with E-state index in [4.69, 9.17) is 28.9 Å². The van der Waals surface area contributed by atoms with Crippen molar-refractivity contribution in [2.24, 2.45) is 5.73 Å². The molecule has 0 atom stereocenters. The van der Waals surface area contributed by atoms with Gasteiger partial charge in [0.2, 0.25) is 0 Å². The standard InChI is InChI=1S/C13H10Cl2FN/c14-10-1-2-13(9(4-10)7-17)8-3-11(15)6-12(16)5-8/h1-6H,7,17H2. The average Bonchev–Trinajstić information content (AvgIpc) is 2.27. The van der Waals surface area contributed by atoms with Gasteiger partial charge in [-0.1, -0.05) is 29.3 Å². The molecule has 88 valence electrons. The topological polar surface area (TPSA) is 26.0 Å². The fourth-order valence-electron chi connectivity index (χ4n) is 1.72. The summed E-state index contributed by atoms with van der Waals surface area (Å²) in [5, 5.41) is 0.967. The van der Waals surface area contributed by atoms with E-state index in [0.29, 0.717) is 22.2 Å².